The van der Waals surface area contributed by atoms with Crippen LogP contribution >= 0.6 is 0 Å². The molecule has 0 saturated heterocycles. The molecule has 0 aromatic rings. The third kappa shape index (κ3) is 1.64. The maximum atomic E-state index is 5.85. The lowest BCUT2D eigenvalue weighted by Gasteiger charge is -2.36. The average molecular weight is 168 g/mol. The zero-order valence-electron chi connectivity index (χ0n) is 7.92. The molecule has 0 aliphatic heterocycles. The molecule has 0 aromatic carbocycles. The third-order valence-corrected chi connectivity index (χ3v) is 3.54. The molecule has 0 amide bonds. The van der Waals surface area contributed by atoms with Gasteiger partial charge in [0.2, 0.25) is 0 Å². The van der Waals surface area contributed by atoms with E-state index in [1.165, 1.54) is 32.1 Å². The van der Waals surface area contributed by atoms with Crippen LogP contribution in [0.3, 0.4) is 0 Å². The van der Waals surface area contributed by atoms with Crippen LogP contribution in [-0.4, -0.2) is 18.1 Å². The minimum Gasteiger partial charge on any atom is -0.328 e. The van der Waals surface area contributed by atoms with Crippen LogP contribution in [0.2, 0.25) is 0 Å². The van der Waals surface area contributed by atoms with Gasteiger partial charge in [-0.25, -0.2) is 0 Å². The second kappa shape index (κ2) is 3.35. The molecule has 70 valence electrons. The van der Waals surface area contributed by atoms with Gasteiger partial charge in [0.15, 0.2) is 0 Å². The first kappa shape index (κ1) is 8.52. The molecule has 2 fully saturated rings. The van der Waals surface area contributed by atoms with Crippen molar-refractivity contribution in [2.75, 3.05) is 0 Å². The molecule has 4 unspecified atom stereocenters. The van der Waals surface area contributed by atoms with Gasteiger partial charge in [0.05, 0.1) is 0 Å². The number of nitrogens with one attached hydrogen (secondary N) is 1. The fourth-order valence-electron chi connectivity index (χ4n) is 2.38. The second-order valence-electron chi connectivity index (χ2n) is 4.60. The fraction of sp³-hybridized carbons (Fsp3) is 1.00. The molecule has 2 rings (SSSR count). The molecule has 3 N–H and O–H groups in total. The normalized spacial score (nSPS) is 47.5. The molecule has 12 heavy (non-hydrogen) atoms. The van der Waals surface area contributed by atoms with Crippen molar-refractivity contribution in [1.82, 2.24) is 5.32 Å². The van der Waals surface area contributed by atoms with E-state index in [4.69, 9.17) is 5.73 Å². The summed E-state index contributed by atoms with van der Waals surface area (Å²) in [5.41, 5.74) is 5.85. The smallest absolute Gasteiger partial charge is 0.00954 e. The first-order valence-corrected chi connectivity index (χ1v) is 5.27. The lowest BCUT2D eigenvalue weighted by molar-refractivity contribution is 0.209. The van der Waals surface area contributed by atoms with Crippen molar-refractivity contribution in [3.8, 4) is 0 Å². The van der Waals surface area contributed by atoms with Crippen molar-refractivity contribution < 1.29 is 0 Å². The number of nitrogens with two attached hydrogens (primary N) is 1. The fourth-order valence-corrected chi connectivity index (χ4v) is 2.38. The molecule has 0 radical (unpaired) electrons. The molecular weight excluding hydrogens is 148 g/mol. The van der Waals surface area contributed by atoms with Gasteiger partial charge in [-0.3, -0.25) is 0 Å². The molecular formula is C10H20N2. The van der Waals surface area contributed by atoms with Crippen LogP contribution in [0.1, 0.15) is 39.0 Å². The van der Waals surface area contributed by atoms with Crippen molar-refractivity contribution in [3.63, 3.8) is 0 Å². The number of rotatable bonds is 2. The van der Waals surface area contributed by atoms with Gasteiger partial charge < -0.3 is 11.1 Å². The van der Waals surface area contributed by atoms with E-state index in [0.717, 1.165) is 18.0 Å². The third-order valence-electron chi connectivity index (χ3n) is 3.54. The van der Waals surface area contributed by atoms with Crippen LogP contribution in [0.5, 0.6) is 0 Å². The van der Waals surface area contributed by atoms with Gasteiger partial charge in [-0.05, 0) is 38.0 Å². The summed E-state index contributed by atoms with van der Waals surface area (Å²) >= 11 is 0. The molecule has 0 aromatic heterocycles. The van der Waals surface area contributed by atoms with Crippen LogP contribution in [0.15, 0.2) is 0 Å². The van der Waals surface area contributed by atoms with Gasteiger partial charge in [0.1, 0.15) is 0 Å². The molecule has 4 atom stereocenters. The molecule has 2 saturated carbocycles. The lowest BCUT2D eigenvalue weighted by Crippen LogP contribution is -2.47. The minimum atomic E-state index is 0.470. The molecule has 0 heterocycles. The van der Waals surface area contributed by atoms with Crippen LogP contribution < -0.4 is 11.1 Å². The van der Waals surface area contributed by atoms with Gasteiger partial charge in [-0.1, -0.05) is 6.92 Å². The van der Waals surface area contributed by atoms with E-state index in [0.29, 0.717) is 6.04 Å². The Hall–Kier alpha value is -0.0800. The van der Waals surface area contributed by atoms with E-state index in [9.17, 15) is 0 Å². The van der Waals surface area contributed by atoms with Gasteiger partial charge in [-0.15, -0.1) is 0 Å². The van der Waals surface area contributed by atoms with Crippen molar-refractivity contribution in [3.05, 3.63) is 0 Å². The molecule has 0 spiro atoms. The molecule has 2 heteroatoms. The average Bonchev–Trinajstić information content (AvgIpc) is 2.44. The van der Waals surface area contributed by atoms with E-state index in [2.05, 4.69) is 12.2 Å². The van der Waals surface area contributed by atoms with Crippen LogP contribution in [0.4, 0.5) is 0 Å². The predicted octanol–water partition coefficient (Wildman–Crippen LogP) is 1.25. The summed E-state index contributed by atoms with van der Waals surface area (Å²) in [4.78, 5) is 0. The summed E-state index contributed by atoms with van der Waals surface area (Å²) in [6, 6.07) is 2.01. The maximum absolute atomic E-state index is 5.85. The van der Waals surface area contributed by atoms with Gasteiger partial charge in [0.25, 0.3) is 0 Å². The van der Waals surface area contributed by atoms with Crippen LogP contribution in [-0.2, 0) is 0 Å². The summed E-state index contributed by atoms with van der Waals surface area (Å²) in [5.74, 6) is 0.904. The Morgan fingerprint density at radius 2 is 2.00 bits per heavy atom. The summed E-state index contributed by atoms with van der Waals surface area (Å²) < 4.78 is 0. The Bertz CT molecular complexity index is 158. The van der Waals surface area contributed by atoms with Crippen molar-refractivity contribution in [2.24, 2.45) is 11.7 Å². The topological polar surface area (TPSA) is 38.0 Å². The zero-order chi connectivity index (χ0) is 8.55. The maximum Gasteiger partial charge on any atom is 0.00954 e. The highest BCUT2D eigenvalue weighted by Crippen LogP contribution is 2.29. The highest BCUT2D eigenvalue weighted by Gasteiger charge is 2.30. The Morgan fingerprint density at radius 3 is 2.42 bits per heavy atom. The monoisotopic (exact) mass is 168 g/mol. The Kier molecular flexibility index (Phi) is 2.37. The second-order valence-corrected chi connectivity index (χ2v) is 4.60. The van der Waals surface area contributed by atoms with E-state index in [1.54, 1.807) is 0 Å². The van der Waals surface area contributed by atoms with Crippen LogP contribution in [0, 0.1) is 5.92 Å². The molecule has 0 bridgehead atoms. The highest BCUT2D eigenvalue weighted by atomic mass is 15.0. The van der Waals surface area contributed by atoms with E-state index < -0.39 is 0 Å². The quantitative estimate of drug-likeness (QED) is 0.651. The molecule has 2 aliphatic rings. The van der Waals surface area contributed by atoms with Crippen molar-refractivity contribution >= 4 is 0 Å². The SMILES string of the molecule is CC1CCC1NC1CCC(N)C1. The Balaban J connectivity index is 1.73. The summed E-state index contributed by atoms with van der Waals surface area (Å²) in [5, 5.41) is 3.72. The van der Waals surface area contributed by atoms with E-state index >= 15 is 0 Å². The summed E-state index contributed by atoms with van der Waals surface area (Å²) in [6.45, 7) is 2.34. The highest BCUT2D eigenvalue weighted by molar-refractivity contribution is 4.90. The van der Waals surface area contributed by atoms with Gasteiger partial charge in [-0.2, -0.15) is 0 Å². The van der Waals surface area contributed by atoms with Crippen molar-refractivity contribution in [1.29, 1.82) is 0 Å². The van der Waals surface area contributed by atoms with E-state index in [-0.39, 0.29) is 0 Å². The molecule has 2 nitrogen and oxygen atoms in total. The standard InChI is InChI=1S/C10H20N2/c1-7-2-5-10(7)12-9-4-3-8(11)6-9/h7-10,12H,2-6,11H2,1H3. The molecule has 2 aliphatic carbocycles. The van der Waals surface area contributed by atoms with Crippen molar-refractivity contribution in [2.45, 2.75) is 57.2 Å². The first-order chi connectivity index (χ1) is 5.75. The summed E-state index contributed by atoms with van der Waals surface area (Å²) in [6.07, 6.45) is 6.51. The number of hydrogen-bond acceptors (Lipinski definition) is 2. The minimum absolute atomic E-state index is 0.470. The lowest BCUT2D eigenvalue weighted by atomic mass is 9.80. The Morgan fingerprint density at radius 1 is 1.17 bits per heavy atom. The first-order valence-electron chi connectivity index (χ1n) is 5.27. The largest absolute Gasteiger partial charge is 0.328 e. The number of hydrogen-bond donors (Lipinski definition) is 2. The van der Waals surface area contributed by atoms with Crippen LogP contribution in [0.25, 0.3) is 0 Å². The zero-order valence-corrected chi connectivity index (χ0v) is 7.92. The Labute approximate surface area is 74.9 Å². The van der Waals surface area contributed by atoms with Gasteiger partial charge in [0, 0.05) is 18.1 Å². The van der Waals surface area contributed by atoms with E-state index in [1.807, 2.05) is 0 Å². The predicted molar refractivity (Wildman–Crippen MR) is 50.9 cm³/mol. The van der Waals surface area contributed by atoms with Gasteiger partial charge >= 0.3 is 0 Å². The summed E-state index contributed by atoms with van der Waals surface area (Å²) in [7, 11) is 0.